The molecule has 0 atom stereocenters. The van der Waals surface area contributed by atoms with Gasteiger partial charge in [0, 0.05) is 15.6 Å². The minimum Gasteiger partial charge on any atom is -0.288 e. The second-order valence-corrected chi connectivity index (χ2v) is 7.73. The van der Waals surface area contributed by atoms with Crippen molar-refractivity contribution in [1.82, 2.24) is 0 Å². The zero-order valence-corrected chi connectivity index (χ0v) is 16.2. The molecule has 2 amide bonds. The largest absolute Gasteiger partial charge is 0.339 e. The summed E-state index contributed by atoms with van der Waals surface area (Å²) in [5.41, 5.74) is 1.64. The first-order valence-corrected chi connectivity index (χ1v) is 9.64. The van der Waals surface area contributed by atoms with Gasteiger partial charge in [0.15, 0.2) is 0 Å². The third kappa shape index (κ3) is 3.50. The second-order valence-electron chi connectivity index (χ2n) is 5.90. The molecule has 1 aliphatic rings. The molecule has 0 saturated heterocycles. The van der Waals surface area contributed by atoms with Gasteiger partial charge in [-0.15, -0.1) is 0 Å². The molecule has 136 valence electrons. The molecule has 3 aromatic carbocycles. The number of para-hydroxylation sites is 1. The fourth-order valence-corrected chi connectivity index (χ4v) is 4.28. The summed E-state index contributed by atoms with van der Waals surface area (Å²) in [6.45, 7) is 0.0268. The third-order valence-electron chi connectivity index (χ3n) is 4.17. The summed E-state index contributed by atoms with van der Waals surface area (Å²) in [6, 6.07) is 18.7. The molecule has 0 fully saturated rings. The zero-order valence-electron chi connectivity index (χ0n) is 13.9. The Hall–Kier alpha value is -2.21. The normalized spacial score (nSPS) is 13.7. The van der Waals surface area contributed by atoms with Crippen molar-refractivity contribution in [2.75, 3.05) is 9.21 Å². The van der Waals surface area contributed by atoms with Gasteiger partial charge >= 0.3 is 6.03 Å². The molecular weight excluding hydrogens is 406 g/mol. The Bertz CT molecular complexity index is 1010. The van der Waals surface area contributed by atoms with Gasteiger partial charge in [0.2, 0.25) is 0 Å². The summed E-state index contributed by atoms with van der Waals surface area (Å²) >= 11 is 13.6. The van der Waals surface area contributed by atoms with E-state index in [4.69, 9.17) is 23.2 Å². The number of fused-ring (bicyclic) bond motifs is 1. The maximum Gasteiger partial charge on any atom is 0.339 e. The lowest BCUT2D eigenvalue weighted by Crippen LogP contribution is -2.43. The topological polar surface area (TPSA) is 23.6 Å². The number of nitrogens with zero attached hydrogens (tertiary/aromatic N) is 2. The highest BCUT2D eigenvalue weighted by atomic mass is 35.5. The highest BCUT2D eigenvalue weighted by Crippen LogP contribution is 2.42. The molecule has 0 aliphatic carbocycles. The predicted molar refractivity (Wildman–Crippen MR) is 109 cm³/mol. The van der Waals surface area contributed by atoms with Crippen LogP contribution in [0, 0.1) is 5.82 Å². The van der Waals surface area contributed by atoms with E-state index in [0.717, 1.165) is 4.90 Å². The van der Waals surface area contributed by atoms with Gasteiger partial charge in [-0.2, -0.15) is 0 Å². The molecule has 0 aromatic heterocycles. The van der Waals surface area contributed by atoms with Crippen LogP contribution < -0.4 is 9.21 Å². The average molecular weight is 419 g/mol. The second kappa shape index (κ2) is 7.43. The molecule has 3 nitrogen and oxygen atoms in total. The standard InChI is InChI=1S/C20H13Cl2FN2OS/c21-13-5-3-6-14(11-13)25-20(26)24(18-9-1-2-10-19(18)27-25)12-15-16(22)7-4-8-17(15)23/h1-11H,12H2. The number of amides is 2. The highest BCUT2D eigenvalue weighted by Gasteiger charge is 2.33. The van der Waals surface area contributed by atoms with Crippen molar-refractivity contribution in [3.05, 3.63) is 88.2 Å². The number of carbonyl (C=O) groups excluding carboxylic acids is 1. The quantitative estimate of drug-likeness (QED) is 0.437. The van der Waals surface area contributed by atoms with Gasteiger partial charge in [0.1, 0.15) is 5.82 Å². The summed E-state index contributed by atoms with van der Waals surface area (Å²) < 4.78 is 15.9. The van der Waals surface area contributed by atoms with Crippen molar-refractivity contribution in [2.24, 2.45) is 0 Å². The summed E-state index contributed by atoms with van der Waals surface area (Å²) in [5, 5.41) is 0.816. The van der Waals surface area contributed by atoms with Crippen LogP contribution >= 0.6 is 35.1 Å². The molecule has 7 heteroatoms. The molecule has 0 N–H and O–H groups in total. The minimum atomic E-state index is -0.444. The number of hydrogen-bond donors (Lipinski definition) is 0. The van der Waals surface area contributed by atoms with E-state index < -0.39 is 5.82 Å². The first-order chi connectivity index (χ1) is 13.0. The summed E-state index contributed by atoms with van der Waals surface area (Å²) in [5.74, 6) is -0.444. The molecule has 0 spiro atoms. The molecule has 0 saturated carbocycles. The van der Waals surface area contributed by atoms with Crippen LogP contribution in [-0.2, 0) is 6.54 Å². The number of rotatable bonds is 3. The average Bonchev–Trinajstić information content (AvgIpc) is 2.66. The maximum absolute atomic E-state index is 14.3. The van der Waals surface area contributed by atoms with Crippen molar-refractivity contribution in [2.45, 2.75) is 11.4 Å². The van der Waals surface area contributed by atoms with Gasteiger partial charge in [0.05, 0.1) is 22.8 Å². The Labute approximate surface area is 170 Å². The first-order valence-electron chi connectivity index (χ1n) is 8.11. The van der Waals surface area contributed by atoms with Crippen LogP contribution in [0.15, 0.2) is 71.6 Å². The Morgan fingerprint density at radius 2 is 1.74 bits per heavy atom. The smallest absolute Gasteiger partial charge is 0.288 e. The summed E-state index contributed by atoms with van der Waals surface area (Å²) in [4.78, 5) is 15.7. The van der Waals surface area contributed by atoms with Crippen LogP contribution in [0.2, 0.25) is 10.0 Å². The van der Waals surface area contributed by atoms with Crippen LogP contribution in [0.1, 0.15) is 5.56 Å². The van der Waals surface area contributed by atoms with Crippen molar-refractivity contribution in [3.8, 4) is 0 Å². The highest BCUT2D eigenvalue weighted by molar-refractivity contribution is 8.01. The number of carbonyl (C=O) groups is 1. The Balaban J connectivity index is 1.78. The molecule has 1 heterocycles. The van der Waals surface area contributed by atoms with E-state index in [0.29, 0.717) is 16.4 Å². The number of anilines is 2. The number of benzene rings is 3. The molecule has 0 radical (unpaired) electrons. The maximum atomic E-state index is 14.3. The SMILES string of the molecule is O=C1N(Cc2c(F)cccc2Cl)c2ccccc2SN1c1cccc(Cl)c1. The minimum absolute atomic E-state index is 0.0268. The van der Waals surface area contributed by atoms with Crippen molar-refractivity contribution < 1.29 is 9.18 Å². The molecule has 27 heavy (non-hydrogen) atoms. The molecule has 0 bridgehead atoms. The molecule has 4 rings (SSSR count). The van der Waals surface area contributed by atoms with E-state index in [9.17, 15) is 9.18 Å². The molecule has 3 aromatic rings. The number of urea groups is 1. The molecule has 0 unspecified atom stereocenters. The van der Waals surface area contributed by atoms with Crippen LogP contribution in [-0.4, -0.2) is 6.03 Å². The zero-order chi connectivity index (χ0) is 19.0. The van der Waals surface area contributed by atoms with Crippen LogP contribution in [0.25, 0.3) is 0 Å². The summed E-state index contributed by atoms with van der Waals surface area (Å²) in [6.07, 6.45) is 0. The van der Waals surface area contributed by atoms with E-state index in [1.165, 1.54) is 22.9 Å². The van der Waals surface area contributed by atoms with Crippen molar-refractivity contribution >= 4 is 52.6 Å². The first kappa shape index (κ1) is 18.2. The van der Waals surface area contributed by atoms with Crippen molar-refractivity contribution in [3.63, 3.8) is 0 Å². The van der Waals surface area contributed by atoms with Crippen molar-refractivity contribution in [1.29, 1.82) is 0 Å². The number of hydrogen-bond acceptors (Lipinski definition) is 2. The van der Waals surface area contributed by atoms with E-state index in [-0.39, 0.29) is 23.2 Å². The van der Waals surface area contributed by atoms with E-state index >= 15 is 0 Å². The van der Waals surface area contributed by atoms with Gasteiger partial charge in [0.25, 0.3) is 0 Å². The Morgan fingerprint density at radius 3 is 2.52 bits per heavy atom. The van der Waals surface area contributed by atoms with E-state index in [1.54, 1.807) is 40.7 Å². The van der Waals surface area contributed by atoms with E-state index in [1.807, 2.05) is 24.3 Å². The van der Waals surface area contributed by atoms with Gasteiger partial charge < -0.3 is 0 Å². The Morgan fingerprint density at radius 1 is 0.963 bits per heavy atom. The fraction of sp³-hybridized carbons (Fsp3) is 0.0500. The van der Waals surface area contributed by atoms with Gasteiger partial charge in [-0.3, -0.25) is 4.90 Å². The van der Waals surface area contributed by atoms with E-state index in [2.05, 4.69) is 0 Å². The van der Waals surface area contributed by atoms with Gasteiger partial charge in [-0.05, 0) is 54.4 Å². The van der Waals surface area contributed by atoms with Gasteiger partial charge in [-0.1, -0.05) is 47.5 Å². The fourth-order valence-electron chi connectivity index (χ4n) is 2.87. The number of halogens is 3. The van der Waals surface area contributed by atoms with Gasteiger partial charge in [-0.25, -0.2) is 13.5 Å². The predicted octanol–water partition coefficient (Wildman–Crippen LogP) is 6.79. The third-order valence-corrected chi connectivity index (χ3v) is 5.85. The Kier molecular flexibility index (Phi) is 5.00. The lowest BCUT2D eigenvalue weighted by molar-refractivity contribution is 0.254. The lowest BCUT2D eigenvalue weighted by atomic mass is 10.2. The van der Waals surface area contributed by atoms with Crippen LogP contribution in [0.3, 0.4) is 0 Å². The molecule has 1 aliphatic heterocycles. The van der Waals surface area contributed by atoms with Crippen LogP contribution in [0.5, 0.6) is 0 Å². The lowest BCUT2D eigenvalue weighted by Gasteiger charge is -2.36. The van der Waals surface area contributed by atoms with Crippen LogP contribution in [0.4, 0.5) is 20.6 Å². The molecular formula is C20H13Cl2FN2OS. The monoisotopic (exact) mass is 418 g/mol. The summed E-state index contributed by atoms with van der Waals surface area (Å²) in [7, 11) is 0.